The van der Waals surface area contributed by atoms with Gasteiger partial charge in [0.1, 0.15) is 0 Å². The van der Waals surface area contributed by atoms with Gasteiger partial charge in [-0.2, -0.15) is 0 Å². The Hall–Kier alpha value is -2.80. The topological polar surface area (TPSA) is 73.0 Å². The minimum absolute atomic E-state index is 0.0395. The fourth-order valence-corrected chi connectivity index (χ4v) is 3.49. The number of allylic oxidation sites excluding steroid dienone is 1. The van der Waals surface area contributed by atoms with Gasteiger partial charge < -0.3 is 9.73 Å². The highest BCUT2D eigenvalue weighted by Gasteiger charge is 2.15. The Bertz CT molecular complexity index is 917. The minimum Gasteiger partial charge on any atom is -0.461 e. The summed E-state index contributed by atoms with van der Waals surface area (Å²) in [6.45, 7) is 8.46. The molecule has 1 aromatic carbocycles. The van der Waals surface area contributed by atoms with Gasteiger partial charge in [-0.05, 0) is 43.2 Å². The second-order valence-electron chi connectivity index (χ2n) is 6.45. The van der Waals surface area contributed by atoms with E-state index >= 15 is 0 Å². The number of amides is 1. The second-order valence-corrected chi connectivity index (χ2v) is 7.39. The molecule has 1 amide bonds. The van der Waals surface area contributed by atoms with Crippen LogP contribution < -0.4 is 5.32 Å². The highest BCUT2D eigenvalue weighted by atomic mass is 32.2. The largest absolute Gasteiger partial charge is 0.461 e. The van der Waals surface area contributed by atoms with Crippen LogP contribution in [0.3, 0.4) is 0 Å². The molecule has 0 unspecified atom stereocenters. The summed E-state index contributed by atoms with van der Waals surface area (Å²) in [6, 6.07) is 11.5. The van der Waals surface area contributed by atoms with Gasteiger partial charge in [0.2, 0.25) is 5.82 Å². The van der Waals surface area contributed by atoms with Crippen LogP contribution in [-0.2, 0) is 12.3 Å². The predicted molar refractivity (Wildman–Crippen MR) is 111 cm³/mol. The molecule has 1 N–H and O–H groups in total. The molecule has 146 valence electrons. The maximum Gasteiger partial charge on any atom is 0.251 e. The Morgan fingerprint density at radius 1 is 1.32 bits per heavy atom. The van der Waals surface area contributed by atoms with Crippen LogP contribution in [0.5, 0.6) is 0 Å². The van der Waals surface area contributed by atoms with Crippen molar-refractivity contribution in [2.75, 3.05) is 0 Å². The molecule has 7 heteroatoms. The molecular formula is C21H24N4O2S. The lowest BCUT2D eigenvalue weighted by Gasteiger charge is -2.11. The van der Waals surface area contributed by atoms with E-state index in [0.717, 1.165) is 22.9 Å². The maximum atomic E-state index is 12.2. The monoisotopic (exact) mass is 396 g/mol. The molecule has 0 saturated carbocycles. The molecule has 0 spiro atoms. The van der Waals surface area contributed by atoms with E-state index in [-0.39, 0.29) is 11.9 Å². The van der Waals surface area contributed by atoms with Crippen LogP contribution in [0.25, 0.3) is 11.6 Å². The van der Waals surface area contributed by atoms with Crippen LogP contribution in [0.15, 0.2) is 64.9 Å². The summed E-state index contributed by atoms with van der Waals surface area (Å²) in [5.74, 6) is 2.05. The third kappa shape index (κ3) is 4.72. The average molecular weight is 397 g/mol. The van der Waals surface area contributed by atoms with Gasteiger partial charge in [-0.3, -0.25) is 9.36 Å². The summed E-state index contributed by atoms with van der Waals surface area (Å²) < 4.78 is 7.43. The number of hydrogen-bond acceptors (Lipinski definition) is 5. The lowest BCUT2D eigenvalue weighted by Crippen LogP contribution is -2.31. The number of nitrogens with one attached hydrogen (secondary N) is 1. The van der Waals surface area contributed by atoms with Crippen LogP contribution in [0.1, 0.15) is 36.2 Å². The molecule has 0 aliphatic rings. The van der Waals surface area contributed by atoms with Crippen LogP contribution in [0.4, 0.5) is 0 Å². The Balaban J connectivity index is 1.67. The van der Waals surface area contributed by atoms with E-state index in [1.165, 1.54) is 0 Å². The Kier molecular flexibility index (Phi) is 6.71. The smallest absolute Gasteiger partial charge is 0.251 e. The SMILES string of the molecule is C=CCn1c(SCc2ccc(C(=O)N[C@H](C)CC)cc2)nnc1-c1ccco1. The molecule has 2 aromatic heterocycles. The first kappa shape index (κ1) is 19.9. The molecular weight excluding hydrogens is 372 g/mol. The van der Waals surface area contributed by atoms with E-state index in [4.69, 9.17) is 4.42 Å². The zero-order chi connectivity index (χ0) is 19.9. The highest BCUT2D eigenvalue weighted by molar-refractivity contribution is 7.98. The summed E-state index contributed by atoms with van der Waals surface area (Å²) in [5, 5.41) is 12.3. The van der Waals surface area contributed by atoms with Gasteiger partial charge >= 0.3 is 0 Å². The number of benzene rings is 1. The standard InChI is InChI=1S/C21H24N4O2S/c1-4-12-25-19(18-7-6-13-27-18)23-24-21(25)28-14-16-8-10-17(11-9-16)20(26)22-15(3)5-2/h4,6-11,13,15H,1,5,12,14H2,2-3H3,(H,22,26)/t15-/m1/s1. The summed E-state index contributed by atoms with van der Waals surface area (Å²) in [4.78, 5) is 12.2. The Morgan fingerprint density at radius 2 is 2.11 bits per heavy atom. The Labute approximate surface area is 169 Å². The molecule has 0 bridgehead atoms. The first-order valence-corrected chi connectivity index (χ1v) is 10.2. The molecule has 0 fully saturated rings. The van der Waals surface area contributed by atoms with Gasteiger partial charge in [0.05, 0.1) is 6.26 Å². The van der Waals surface area contributed by atoms with E-state index in [1.807, 2.05) is 60.9 Å². The van der Waals surface area contributed by atoms with Crippen molar-refractivity contribution in [3.63, 3.8) is 0 Å². The average Bonchev–Trinajstić information content (AvgIpc) is 3.37. The number of carbonyl (C=O) groups is 1. The van der Waals surface area contributed by atoms with Gasteiger partial charge in [0.25, 0.3) is 5.91 Å². The van der Waals surface area contributed by atoms with Gasteiger partial charge in [-0.25, -0.2) is 0 Å². The minimum atomic E-state index is -0.0395. The number of hydrogen-bond donors (Lipinski definition) is 1. The van der Waals surface area contributed by atoms with Gasteiger partial charge in [-0.1, -0.05) is 36.9 Å². The first-order chi connectivity index (χ1) is 13.6. The number of rotatable bonds is 9. The molecule has 3 aromatic rings. The van der Waals surface area contributed by atoms with Crippen LogP contribution in [0, 0.1) is 0 Å². The second kappa shape index (κ2) is 9.41. The first-order valence-electron chi connectivity index (χ1n) is 9.23. The van der Waals surface area contributed by atoms with E-state index in [1.54, 1.807) is 18.0 Å². The van der Waals surface area contributed by atoms with Crippen molar-refractivity contribution >= 4 is 17.7 Å². The van der Waals surface area contributed by atoms with Crippen molar-refractivity contribution in [3.8, 4) is 11.6 Å². The van der Waals surface area contributed by atoms with Crippen molar-refractivity contribution in [1.29, 1.82) is 0 Å². The van der Waals surface area contributed by atoms with E-state index in [9.17, 15) is 4.79 Å². The van der Waals surface area contributed by atoms with Gasteiger partial charge in [0, 0.05) is 23.9 Å². The van der Waals surface area contributed by atoms with Crippen molar-refractivity contribution < 1.29 is 9.21 Å². The molecule has 0 saturated heterocycles. The predicted octanol–water partition coefficient (Wildman–Crippen LogP) is 4.54. The fourth-order valence-electron chi connectivity index (χ4n) is 2.59. The van der Waals surface area contributed by atoms with Crippen molar-refractivity contribution in [3.05, 3.63) is 66.4 Å². The number of carbonyl (C=O) groups excluding carboxylic acids is 1. The van der Waals surface area contributed by atoms with E-state index < -0.39 is 0 Å². The molecule has 0 radical (unpaired) electrons. The molecule has 1 atom stereocenters. The summed E-state index contributed by atoms with van der Waals surface area (Å²) in [6.07, 6.45) is 4.34. The molecule has 0 aliphatic carbocycles. The fraction of sp³-hybridized carbons (Fsp3) is 0.286. The Morgan fingerprint density at radius 3 is 2.75 bits per heavy atom. The zero-order valence-corrected chi connectivity index (χ0v) is 16.9. The lowest BCUT2D eigenvalue weighted by molar-refractivity contribution is 0.0939. The molecule has 6 nitrogen and oxygen atoms in total. The maximum absolute atomic E-state index is 12.2. The van der Waals surface area contributed by atoms with Gasteiger partial charge in [-0.15, -0.1) is 16.8 Å². The molecule has 3 rings (SSSR count). The lowest BCUT2D eigenvalue weighted by atomic mass is 10.1. The van der Waals surface area contributed by atoms with Gasteiger partial charge in [0.15, 0.2) is 10.9 Å². The number of furan rings is 1. The third-order valence-corrected chi connectivity index (χ3v) is 5.38. The summed E-state index contributed by atoms with van der Waals surface area (Å²) >= 11 is 1.59. The number of aromatic nitrogens is 3. The molecule has 28 heavy (non-hydrogen) atoms. The molecule has 2 heterocycles. The zero-order valence-electron chi connectivity index (χ0n) is 16.1. The number of thioether (sulfide) groups is 1. The third-order valence-electron chi connectivity index (χ3n) is 4.34. The summed E-state index contributed by atoms with van der Waals surface area (Å²) in [5.41, 5.74) is 1.78. The van der Waals surface area contributed by atoms with Crippen molar-refractivity contribution in [2.45, 2.75) is 43.8 Å². The number of nitrogens with zero attached hydrogens (tertiary/aromatic N) is 3. The molecule has 0 aliphatic heterocycles. The van der Waals surface area contributed by atoms with Crippen LogP contribution in [-0.4, -0.2) is 26.7 Å². The summed E-state index contributed by atoms with van der Waals surface area (Å²) in [7, 11) is 0. The quantitative estimate of drug-likeness (QED) is 0.424. The highest BCUT2D eigenvalue weighted by Crippen LogP contribution is 2.26. The van der Waals surface area contributed by atoms with Crippen LogP contribution in [0.2, 0.25) is 0 Å². The van der Waals surface area contributed by atoms with Crippen molar-refractivity contribution in [2.24, 2.45) is 0 Å². The van der Waals surface area contributed by atoms with E-state index in [2.05, 4.69) is 22.1 Å². The van der Waals surface area contributed by atoms with Crippen LogP contribution >= 0.6 is 11.8 Å². The normalized spacial score (nSPS) is 11.9. The van der Waals surface area contributed by atoms with E-state index in [0.29, 0.717) is 23.7 Å². The van der Waals surface area contributed by atoms with Crippen molar-refractivity contribution in [1.82, 2.24) is 20.1 Å².